The summed E-state index contributed by atoms with van der Waals surface area (Å²) >= 11 is 6.34. The van der Waals surface area contributed by atoms with E-state index in [1.165, 1.54) is 0 Å². The fraction of sp³-hybridized carbons (Fsp3) is 0.458. The van der Waals surface area contributed by atoms with Gasteiger partial charge in [0.15, 0.2) is 0 Å². The summed E-state index contributed by atoms with van der Waals surface area (Å²) < 4.78 is 24.9. The quantitative estimate of drug-likeness (QED) is 0.682. The Morgan fingerprint density at radius 1 is 1.19 bits per heavy atom. The zero-order valence-corrected chi connectivity index (χ0v) is 20.0. The predicted octanol–water partition coefficient (Wildman–Crippen LogP) is 4.58. The molecule has 7 heteroatoms. The van der Waals surface area contributed by atoms with Crippen molar-refractivity contribution in [2.75, 3.05) is 13.1 Å². The number of piperidine rings is 1. The van der Waals surface area contributed by atoms with E-state index in [2.05, 4.69) is 6.92 Å². The maximum Gasteiger partial charge on any atom is 0.238 e. The summed E-state index contributed by atoms with van der Waals surface area (Å²) in [5.41, 5.74) is 3.03. The number of nitrogens with two attached hydrogens (primary N) is 1. The third kappa shape index (κ3) is 5.68. The lowest BCUT2D eigenvalue weighted by molar-refractivity contribution is -0.134. The van der Waals surface area contributed by atoms with E-state index >= 15 is 0 Å². The van der Waals surface area contributed by atoms with Crippen molar-refractivity contribution in [3.05, 3.63) is 63.7 Å². The van der Waals surface area contributed by atoms with E-state index in [9.17, 15) is 13.2 Å². The molecule has 0 aliphatic carbocycles. The molecular formula is C24H31ClN2O3S. The molecule has 31 heavy (non-hydrogen) atoms. The van der Waals surface area contributed by atoms with Gasteiger partial charge in [0.2, 0.25) is 15.9 Å². The van der Waals surface area contributed by atoms with Crippen LogP contribution >= 0.6 is 11.6 Å². The van der Waals surface area contributed by atoms with Crippen molar-refractivity contribution in [1.29, 1.82) is 0 Å². The van der Waals surface area contributed by atoms with Gasteiger partial charge >= 0.3 is 0 Å². The molecule has 1 aliphatic heterocycles. The van der Waals surface area contributed by atoms with Crippen molar-refractivity contribution in [3.63, 3.8) is 0 Å². The number of amides is 1. The molecule has 0 radical (unpaired) electrons. The van der Waals surface area contributed by atoms with Crippen LogP contribution in [0.15, 0.2) is 41.3 Å². The Balaban J connectivity index is 2.04. The van der Waals surface area contributed by atoms with Gasteiger partial charge in [-0.1, -0.05) is 42.8 Å². The largest absolute Gasteiger partial charge is 0.342 e. The maximum atomic E-state index is 13.7. The number of likely N-dealkylation sites (tertiary alicyclic amines) is 1. The van der Waals surface area contributed by atoms with Crippen LogP contribution in [0, 0.1) is 19.8 Å². The van der Waals surface area contributed by atoms with Crippen LogP contribution in [-0.4, -0.2) is 32.3 Å². The number of hydrogen-bond acceptors (Lipinski definition) is 3. The van der Waals surface area contributed by atoms with Gasteiger partial charge in [0.25, 0.3) is 0 Å². The smallest absolute Gasteiger partial charge is 0.238 e. The molecule has 1 atom stereocenters. The Labute approximate surface area is 190 Å². The van der Waals surface area contributed by atoms with E-state index in [-0.39, 0.29) is 10.8 Å². The van der Waals surface area contributed by atoms with E-state index < -0.39 is 15.9 Å². The number of hydrogen-bond donors (Lipinski definition) is 1. The lowest BCUT2D eigenvalue weighted by atomic mass is 9.86. The summed E-state index contributed by atoms with van der Waals surface area (Å²) in [5.74, 6) is -0.0406. The monoisotopic (exact) mass is 462 g/mol. The Kier molecular flexibility index (Phi) is 7.45. The number of rotatable bonds is 6. The molecule has 0 bridgehead atoms. The zero-order valence-electron chi connectivity index (χ0n) is 18.4. The lowest BCUT2D eigenvalue weighted by Crippen LogP contribution is -2.41. The molecule has 5 nitrogen and oxygen atoms in total. The first-order valence-corrected chi connectivity index (χ1v) is 12.7. The minimum atomic E-state index is -3.98. The minimum Gasteiger partial charge on any atom is -0.342 e. The Bertz CT molecular complexity index is 1060. The van der Waals surface area contributed by atoms with Gasteiger partial charge in [-0.25, -0.2) is 13.6 Å². The second-order valence-electron chi connectivity index (χ2n) is 8.73. The highest BCUT2D eigenvalue weighted by Gasteiger charge is 2.33. The standard InChI is InChI=1S/C24H31ClN2O3S/c1-16-10-12-27(13-11-16)24(28)20(9-8-19-6-4-5-7-21(19)25)23-18(3)14-17(2)15-22(23)31(26,29)30/h4-7,14-16,20H,8-13H2,1-3H3,(H2,26,29,30). The molecule has 2 aromatic carbocycles. The number of halogens is 1. The molecule has 2 aromatic rings. The van der Waals surface area contributed by atoms with Crippen molar-refractivity contribution < 1.29 is 13.2 Å². The molecule has 0 aromatic heterocycles. The minimum absolute atomic E-state index is 0.0317. The van der Waals surface area contributed by atoms with Crippen molar-refractivity contribution in [2.45, 2.75) is 57.3 Å². The van der Waals surface area contributed by atoms with Gasteiger partial charge in [0, 0.05) is 18.1 Å². The van der Waals surface area contributed by atoms with Gasteiger partial charge in [-0.3, -0.25) is 4.79 Å². The maximum absolute atomic E-state index is 13.7. The van der Waals surface area contributed by atoms with Crippen molar-refractivity contribution >= 4 is 27.5 Å². The molecule has 1 amide bonds. The normalized spacial score (nSPS) is 16.4. The van der Waals surface area contributed by atoms with E-state index in [4.69, 9.17) is 16.7 Å². The van der Waals surface area contributed by atoms with E-state index in [1.807, 2.05) is 49.1 Å². The summed E-state index contributed by atoms with van der Waals surface area (Å²) in [6, 6.07) is 11.0. The van der Waals surface area contributed by atoms with Crippen LogP contribution < -0.4 is 5.14 Å². The summed E-state index contributed by atoms with van der Waals surface area (Å²) in [7, 11) is -3.98. The second-order valence-corrected chi connectivity index (χ2v) is 10.7. The van der Waals surface area contributed by atoms with Crippen LogP contribution in [0.25, 0.3) is 0 Å². The van der Waals surface area contributed by atoms with Gasteiger partial charge in [-0.2, -0.15) is 0 Å². The molecule has 2 N–H and O–H groups in total. The van der Waals surface area contributed by atoms with Gasteiger partial charge in [-0.15, -0.1) is 0 Å². The molecule has 0 spiro atoms. The van der Waals surface area contributed by atoms with Crippen LogP contribution in [0.5, 0.6) is 0 Å². The SMILES string of the molecule is Cc1cc(C)c(C(CCc2ccccc2Cl)C(=O)N2CCC(C)CC2)c(S(N)(=O)=O)c1. The van der Waals surface area contributed by atoms with Crippen LogP contribution in [0.4, 0.5) is 0 Å². The first-order chi connectivity index (χ1) is 14.6. The van der Waals surface area contributed by atoms with Crippen molar-refractivity contribution in [1.82, 2.24) is 4.90 Å². The molecule has 168 valence electrons. The number of aryl methyl sites for hydroxylation is 3. The fourth-order valence-corrected chi connectivity index (χ4v) is 5.65. The number of primary sulfonamides is 1. The lowest BCUT2D eigenvalue weighted by Gasteiger charge is -2.34. The summed E-state index contributed by atoms with van der Waals surface area (Å²) in [4.78, 5) is 15.6. The number of benzene rings is 2. The molecule has 1 fully saturated rings. The number of carbonyl (C=O) groups excluding carboxylic acids is 1. The number of sulfonamides is 1. The van der Waals surface area contributed by atoms with E-state index in [0.717, 1.165) is 29.5 Å². The molecule has 0 saturated carbocycles. The van der Waals surface area contributed by atoms with Crippen molar-refractivity contribution in [3.8, 4) is 0 Å². The number of carbonyl (C=O) groups is 1. The van der Waals surface area contributed by atoms with Gasteiger partial charge in [0.1, 0.15) is 0 Å². The second kappa shape index (κ2) is 9.72. The van der Waals surface area contributed by atoms with Gasteiger partial charge in [-0.05, 0) is 79.8 Å². The van der Waals surface area contributed by atoms with Crippen LogP contribution in [0.3, 0.4) is 0 Å². The van der Waals surface area contributed by atoms with Crippen molar-refractivity contribution in [2.24, 2.45) is 11.1 Å². The Hall–Kier alpha value is -1.89. The molecule has 3 rings (SSSR count). The molecule has 1 saturated heterocycles. The van der Waals surface area contributed by atoms with E-state index in [1.54, 1.807) is 6.07 Å². The van der Waals surface area contributed by atoms with E-state index in [0.29, 0.717) is 42.4 Å². The molecule has 1 heterocycles. The molecular weight excluding hydrogens is 432 g/mol. The molecule has 1 unspecified atom stereocenters. The number of nitrogens with zero attached hydrogens (tertiary/aromatic N) is 1. The van der Waals surface area contributed by atoms with Crippen LogP contribution in [0.1, 0.15) is 54.4 Å². The molecule has 1 aliphatic rings. The first kappa shape index (κ1) is 23.8. The third-order valence-corrected chi connectivity index (χ3v) is 7.52. The summed E-state index contributed by atoms with van der Waals surface area (Å²) in [6.45, 7) is 7.26. The van der Waals surface area contributed by atoms with Crippen LogP contribution in [0.2, 0.25) is 5.02 Å². The average Bonchev–Trinajstić information content (AvgIpc) is 2.70. The zero-order chi connectivity index (χ0) is 22.8. The van der Waals surface area contributed by atoms with Crippen LogP contribution in [-0.2, 0) is 21.2 Å². The highest BCUT2D eigenvalue weighted by atomic mass is 35.5. The Morgan fingerprint density at radius 3 is 2.45 bits per heavy atom. The topological polar surface area (TPSA) is 80.5 Å². The highest BCUT2D eigenvalue weighted by molar-refractivity contribution is 7.89. The fourth-order valence-electron chi connectivity index (χ4n) is 4.46. The van der Waals surface area contributed by atoms with Gasteiger partial charge in [0.05, 0.1) is 10.8 Å². The average molecular weight is 463 g/mol. The summed E-state index contributed by atoms with van der Waals surface area (Å²) in [5, 5.41) is 6.23. The first-order valence-electron chi connectivity index (χ1n) is 10.7. The predicted molar refractivity (Wildman–Crippen MR) is 125 cm³/mol. The van der Waals surface area contributed by atoms with Gasteiger partial charge < -0.3 is 4.90 Å². The highest BCUT2D eigenvalue weighted by Crippen LogP contribution is 2.34. The third-order valence-electron chi connectivity index (χ3n) is 6.20. The summed E-state index contributed by atoms with van der Waals surface area (Å²) in [6.07, 6.45) is 2.94. The Morgan fingerprint density at radius 2 is 1.84 bits per heavy atom.